The summed E-state index contributed by atoms with van der Waals surface area (Å²) >= 11 is 0. The van der Waals surface area contributed by atoms with Crippen molar-refractivity contribution in [2.75, 3.05) is 13.6 Å². The van der Waals surface area contributed by atoms with Crippen molar-refractivity contribution in [3.8, 4) is 0 Å². The van der Waals surface area contributed by atoms with E-state index in [1.54, 1.807) is 0 Å². The van der Waals surface area contributed by atoms with Crippen molar-refractivity contribution in [2.24, 2.45) is 5.73 Å². The average Bonchev–Trinajstić information content (AvgIpc) is 2.69. The maximum Gasteiger partial charge on any atom is 0.137 e. The van der Waals surface area contributed by atoms with Gasteiger partial charge in [0.1, 0.15) is 5.65 Å². The van der Waals surface area contributed by atoms with Gasteiger partial charge in [0.15, 0.2) is 0 Å². The highest BCUT2D eigenvalue weighted by molar-refractivity contribution is 5.39. The van der Waals surface area contributed by atoms with Gasteiger partial charge in [0.05, 0.1) is 5.69 Å². The number of fused-ring (bicyclic) bond motifs is 1. The third-order valence-corrected chi connectivity index (χ3v) is 2.92. The summed E-state index contributed by atoms with van der Waals surface area (Å²) in [4.78, 5) is 6.76. The Morgan fingerprint density at radius 3 is 3.00 bits per heavy atom. The number of pyridine rings is 1. The first-order chi connectivity index (χ1) is 7.70. The van der Waals surface area contributed by atoms with Crippen LogP contribution in [0, 0.1) is 0 Å². The largest absolute Gasteiger partial charge is 0.329 e. The van der Waals surface area contributed by atoms with Crippen LogP contribution < -0.4 is 5.73 Å². The minimum absolute atomic E-state index is 0.379. The van der Waals surface area contributed by atoms with Gasteiger partial charge in [0.2, 0.25) is 0 Å². The fourth-order valence-corrected chi connectivity index (χ4v) is 1.65. The highest BCUT2D eigenvalue weighted by Crippen LogP contribution is 2.07. The second kappa shape index (κ2) is 4.63. The third-order valence-electron chi connectivity index (χ3n) is 2.92. The number of hydrogen-bond donors (Lipinski definition) is 1. The lowest BCUT2D eigenvalue weighted by Crippen LogP contribution is -2.34. The first kappa shape index (κ1) is 11.1. The molecule has 0 aliphatic rings. The van der Waals surface area contributed by atoms with Gasteiger partial charge in [-0.15, -0.1) is 0 Å². The quantitative estimate of drug-likeness (QED) is 0.836. The van der Waals surface area contributed by atoms with Crippen LogP contribution >= 0.6 is 0 Å². The molecule has 0 aliphatic carbocycles. The number of likely N-dealkylation sites (N-methyl/N-ethyl adjacent to an activating group) is 1. The molecule has 2 N–H and O–H groups in total. The first-order valence-corrected chi connectivity index (χ1v) is 5.53. The summed E-state index contributed by atoms with van der Waals surface area (Å²) in [6, 6.07) is 6.39. The van der Waals surface area contributed by atoms with Crippen LogP contribution in [0.3, 0.4) is 0 Å². The number of imidazole rings is 1. The number of hydrogen-bond acceptors (Lipinski definition) is 3. The summed E-state index contributed by atoms with van der Waals surface area (Å²) < 4.78 is 2.04. The molecule has 2 aromatic heterocycles. The normalized spacial score (nSPS) is 13.5. The van der Waals surface area contributed by atoms with Gasteiger partial charge in [-0.2, -0.15) is 0 Å². The Labute approximate surface area is 95.7 Å². The van der Waals surface area contributed by atoms with Crippen molar-refractivity contribution in [3.05, 3.63) is 36.3 Å². The maximum atomic E-state index is 5.63. The minimum atomic E-state index is 0.379. The van der Waals surface area contributed by atoms with Gasteiger partial charge >= 0.3 is 0 Å². The second-order valence-electron chi connectivity index (χ2n) is 4.20. The molecular formula is C12H18N4. The number of rotatable bonds is 4. The number of nitrogens with zero attached hydrogens (tertiary/aromatic N) is 3. The highest BCUT2D eigenvalue weighted by Gasteiger charge is 2.09. The van der Waals surface area contributed by atoms with E-state index in [1.165, 1.54) is 0 Å². The summed E-state index contributed by atoms with van der Waals surface area (Å²) in [5, 5.41) is 0. The zero-order chi connectivity index (χ0) is 11.5. The molecule has 0 aromatic carbocycles. The van der Waals surface area contributed by atoms with Crippen LogP contribution in [0.2, 0.25) is 0 Å². The summed E-state index contributed by atoms with van der Waals surface area (Å²) in [6.07, 6.45) is 4.08. The van der Waals surface area contributed by atoms with Crippen LogP contribution in [0.1, 0.15) is 12.6 Å². The van der Waals surface area contributed by atoms with Crippen LogP contribution in [0.15, 0.2) is 30.6 Å². The molecular weight excluding hydrogens is 200 g/mol. The molecule has 2 aromatic rings. The molecule has 86 valence electrons. The van der Waals surface area contributed by atoms with E-state index in [2.05, 4.69) is 30.1 Å². The van der Waals surface area contributed by atoms with Crippen LogP contribution in [0.5, 0.6) is 0 Å². The molecule has 0 spiro atoms. The van der Waals surface area contributed by atoms with Gasteiger partial charge < -0.3 is 10.1 Å². The van der Waals surface area contributed by atoms with Gasteiger partial charge in [-0.25, -0.2) is 4.98 Å². The molecule has 0 radical (unpaired) electrons. The van der Waals surface area contributed by atoms with Crippen molar-refractivity contribution in [3.63, 3.8) is 0 Å². The SMILES string of the molecule is CC(CN)N(C)Cc1cn2ccccc2n1. The van der Waals surface area contributed by atoms with Crippen molar-refractivity contribution in [1.29, 1.82) is 0 Å². The molecule has 0 saturated heterocycles. The molecule has 1 atom stereocenters. The van der Waals surface area contributed by atoms with E-state index >= 15 is 0 Å². The standard InChI is InChI=1S/C12H18N4/c1-10(7-13)15(2)8-11-9-16-6-4-3-5-12(16)14-11/h3-6,9-10H,7-8,13H2,1-2H3. The van der Waals surface area contributed by atoms with Crippen molar-refractivity contribution in [2.45, 2.75) is 19.5 Å². The van der Waals surface area contributed by atoms with E-state index in [1.807, 2.05) is 28.8 Å². The third kappa shape index (κ3) is 2.23. The van der Waals surface area contributed by atoms with Crippen molar-refractivity contribution in [1.82, 2.24) is 14.3 Å². The zero-order valence-electron chi connectivity index (χ0n) is 9.80. The fourth-order valence-electron chi connectivity index (χ4n) is 1.65. The van der Waals surface area contributed by atoms with E-state index in [4.69, 9.17) is 5.73 Å². The van der Waals surface area contributed by atoms with Crippen molar-refractivity contribution >= 4 is 5.65 Å². The van der Waals surface area contributed by atoms with E-state index in [0.717, 1.165) is 17.9 Å². The Bertz CT molecular complexity index is 430. The molecule has 0 bridgehead atoms. The predicted octanol–water partition coefficient (Wildman–Crippen LogP) is 1.11. The summed E-state index contributed by atoms with van der Waals surface area (Å²) in [6.45, 7) is 3.62. The molecule has 4 heteroatoms. The monoisotopic (exact) mass is 218 g/mol. The Balaban J connectivity index is 2.15. The fraction of sp³-hybridized carbons (Fsp3) is 0.417. The summed E-state index contributed by atoms with van der Waals surface area (Å²) in [7, 11) is 2.07. The minimum Gasteiger partial charge on any atom is -0.329 e. The summed E-state index contributed by atoms with van der Waals surface area (Å²) in [5.41, 5.74) is 7.70. The van der Waals surface area contributed by atoms with Crippen LogP contribution in [0.4, 0.5) is 0 Å². The molecule has 1 unspecified atom stereocenters. The average molecular weight is 218 g/mol. The number of aromatic nitrogens is 2. The van der Waals surface area contributed by atoms with E-state index in [0.29, 0.717) is 12.6 Å². The molecule has 0 saturated carbocycles. The Morgan fingerprint density at radius 1 is 1.50 bits per heavy atom. The second-order valence-corrected chi connectivity index (χ2v) is 4.20. The molecule has 0 aliphatic heterocycles. The lowest BCUT2D eigenvalue weighted by molar-refractivity contribution is 0.252. The van der Waals surface area contributed by atoms with E-state index in [9.17, 15) is 0 Å². The van der Waals surface area contributed by atoms with E-state index in [-0.39, 0.29) is 0 Å². The molecule has 2 rings (SSSR count). The predicted molar refractivity (Wildman–Crippen MR) is 65.2 cm³/mol. The molecule has 0 amide bonds. The molecule has 4 nitrogen and oxygen atoms in total. The molecule has 16 heavy (non-hydrogen) atoms. The lowest BCUT2D eigenvalue weighted by atomic mass is 10.3. The van der Waals surface area contributed by atoms with Crippen LogP contribution in [-0.4, -0.2) is 33.9 Å². The Morgan fingerprint density at radius 2 is 2.31 bits per heavy atom. The van der Waals surface area contributed by atoms with Gasteiger partial charge in [0.25, 0.3) is 0 Å². The summed E-state index contributed by atoms with van der Waals surface area (Å²) in [5.74, 6) is 0. The van der Waals surface area contributed by atoms with Gasteiger partial charge in [-0.3, -0.25) is 4.90 Å². The molecule has 0 fully saturated rings. The lowest BCUT2D eigenvalue weighted by Gasteiger charge is -2.21. The highest BCUT2D eigenvalue weighted by atomic mass is 15.1. The Kier molecular flexibility index (Phi) is 3.22. The van der Waals surface area contributed by atoms with E-state index < -0.39 is 0 Å². The van der Waals surface area contributed by atoms with Gasteiger partial charge in [0, 0.05) is 31.5 Å². The first-order valence-electron chi connectivity index (χ1n) is 5.53. The smallest absolute Gasteiger partial charge is 0.137 e. The van der Waals surface area contributed by atoms with Gasteiger partial charge in [-0.05, 0) is 26.1 Å². The zero-order valence-corrected chi connectivity index (χ0v) is 9.80. The maximum absolute atomic E-state index is 5.63. The Hall–Kier alpha value is -1.39. The number of nitrogens with two attached hydrogens (primary N) is 1. The van der Waals surface area contributed by atoms with Crippen LogP contribution in [-0.2, 0) is 6.54 Å². The van der Waals surface area contributed by atoms with Crippen LogP contribution in [0.25, 0.3) is 5.65 Å². The van der Waals surface area contributed by atoms with Crippen molar-refractivity contribution < 1.29 is 0 Å². The molecule has 2 heterocycles. The van der Waals surface area contributed by atoms with Gasteiger partial charge in [-0.1, -0.05) is 6.07 Å². The topological polar surface area (TPSA) is 46.6 Å².